The molecule has 0 bridgehead atoms. The first-order chi connectivity index (χ1) is 9.93. The summed E-state index contributed by atoms with van der Waals surface area (Å²) in [5.41, 5.74) is 6.93. The first-order valence-corrected chi connectivity index (χ1v) is 6.67. The van der Waals surface area contributed by atoms with Crippen LogP contribution in [0.15, 0.2) is 35.1 Å². The van der Waals surface area contributed by atoms with Gasteiger partial charge in [-0.2, -0.15) is 0 Å². The minimum Gasteiger partial charge on any atom is -0.494 e. The van der Waals surface area contributed by atoms with Gasteiger partial charge in [-0.25, -0.2) is 4.39 Å². The molecule has 0 saturated heterocycles. The van der Waals surface area contributed by atoms with Gasteiger partial charge in [-0.1, -0.05) is 18.3 Å². The standard InChI is InChI=1S/C15H15FN2O2S/c1-9-3-5-11(14(17)21)15(19)18(9)8-10-4-6-13(20-2)12(16)7-10/h3-7H,8H2,1-2H3,(H2,17,21). The van der Waals surface area contributed by atoms with Crippen LogP contribution in [0.2, 0.25) is 0 Å². The Morgan fingerprint density at radius 1 is 1.38 bits per heavy atom. The summed E-state index contributed by atoms with van der Waals surface area (Å²) in [7, 11) is 1.40. The third-order valence-electron chi connectivity index (χ3n) is 3.21. The predicted molar refractivity (Wildman–Crippen MR) is 83.4 cm³/mol. The number of pyridine rings is 1. The van der Waals surface area contributed by atoms with E-state index >= 15 is 0 Å². The number of methoxy groups -OCH3 is 1. The molecule has 2 aromatic rings. The molecule has 0 unspecified atom stereocenters. The number of halogens is 1. The maximum absolute atomic E-state index is 13.7. The van der Waals surface area contributed by atoms with E-state index in [0.717, 1.165) is 5.69 Å². The molecule has 1 aromatic heterocycles. The molecule has 2 rings (SSSR count). The SMILES string of the molecule is COc1ccc(Cn2c(C)ccc(C(N)=S)c2=O)cc1F. The molecule has 0 fully saturated rings. The number of benzene rings is 1. The summed E-state index contributed by atoms with van der Waals surface area (Å²) in [5, 5.41) is 0. The first-order valence-electron chi connectivity index (χ1n) is 6.26. The Kier molecular flexibility index (Phi) is 4.37. The predicted octanol–water partition coefficient (Wildman–Crippen LogP) is 1.99. The van der Waals surface area contributed by atoms with E-state index in [0.29, 0.717) is 5.56 Å². The molecule has 1 aromatic carbocycles. The number of aromatic nitrogens is 1. The molecule has 1 heterocycles. The fourth-order valence-electron chi connectivity index (χ4n) is 2.05. The summed E-state index contributed by atoms with van der Waals surface area (Å²) < 4.78 is 20.1. The normalized spacial score (nSPS) is 10.4. The number of thiocarbonyl (C=S) groups is 1. The van der Waals surface area contributed by atoms with Crippen LogP contribution < -0.4 is 16.0 Å². The largest absolute Gasteiger partial charge is 0.494 e. The van der Waals surface area contributed by atoms with Crippen LogP contribution in [0, 0.1) is 12.7 Å². The van der Waals surface area contributed by atoms with Gasteiger partial charge < -0.3 is 15.0 Å². The summed E-state index contributed by atoms with van der Waals surface area (Å²) in [6.45, 7) is 2.03. The molecule has 0 saturated carbocycles. The maximum Gasteiger partial charge on any atom is 0.261 e. The molecular formula is C15H15FN2O2S. The topological polar surface area (TPSA) is 57.2 Å². The second-order valence-electron chi connectivity index (χ2n) is 4.61. The zero-order valence-corrected chi connectivity index (χ0v) is 12.5. The lowest BCUT2D eigenvalue weighted by atomic mass is 10.2. The molecule has 0 aliphatic rings. The Labute approximate surface area is 127 Å². The van der Waals surface area contributed by atoms with Gasteiger partial charge in [0.05, 0.1) is 19.2 Å². The van der Waals surface area contributed by atoms with E-state index in [2.05, 4.69) is 0 Å². The van der Waals surface area contributed by atoms with E-state index in [1.165, 1.54) is 23.8 Å². The van der Waals surface area contributed by atoms with Gasteiger partial charge in [0.25, 0.3) is 5.56 Å². The van der Waals surface area contributed by atoms with Crippen LogP contribution in [0.5, 0.6) is 5.75 Å². The van der Waals surface area contributed by atoms with Gasteiger partial charge in [-0.05, 0) is 36.8 Å². The van der Waals surface area contributed by atoms with Gasteiger partial charge in [-0.3, -0.25) is 4.79 Å². The fraction of sp³-hybridized carbons (Fsp3) is 0.200. The second kappa shape index (κ2) is 6.05. The van der Waals surface area contributed by atoms with Gasteiger partial charge in [-0.15, -0.1) is 0 Å². The number of hydrogen-bond donors (Lipinski definition) is 1. The van der Waals surface area contributed by atoms with Crippen LogP contribution >= 0.6 is 12.2 Å². The van der Waals surface area contributed by atoms with Crippen LogP contribution in [-0.4, -0.2) is 16.7 Å². The molecule has 0 aliphatic heterocycles. The Hall–Kier alpha value is -2.21. The molecule has 4 nitrogen and oxygen atoms in total. The van der Waals surface area contributed by atoms with Crippen LogP contribution in [0.4, 0.5) is 4.39 Å². The highest BCUT2D eigenvalue weighted by Crippen LogP contribution is 2.18. The number of nitrogens with zero attached hydrogens (tertiary/aromatic N) is 1. The van der Waals surface area contributed by atoms with Crippen LogP contribution in [0.25, 0.3) is 0 Å². The smallest absolute Gasteiger partial charge is 0.261 e. The maximum atomic E-state index is 13.7. The average Bonchev–Trinajstić information content (AvgIpc) is 2.43. The van der Waals surface area contributed by atoms with Crippen molar-refractivity contribution >= 4 is 17.2 Å². The highest BCUT2D eigenvalue weighted by molar-refractivity contribution is 7.80. The van der Waals surface area contributed by atoms with Gasteiger partial charge in [0.15, 0.2) is 11.6 Å². The summed E-state index contributed by atoms with van der Waals surface area (Å²) in [6.07, 6.45) is 0. The molecule has 110 valence electrons. The van der Waals surface area contributed by atoms with Gasteiger partial charge in [0.1, 0.15) is 4.99 Å². The lowest BCUT2D eigenvalue weighted by molar-refractivity contribution is 0.386. The molecule has 21 heavy (non-hydrogen) atoms. The van der Waals surface area contributed by atoms with Gasteiger partial charge >= 0.3 is 0 Å². The van der Waals surface area contributed by atoms with Gasteiger partial charge in [0, 0.05) is 5.69 Å². The molecule has 0 amide bonds. The molecule has 0 atom stereocenters. The van der Waals surface area contributed by atoms with E-state index in [1.807, 2.05) is 0 Å². The van der Waals surface area contributed by atoms with E-state index in [-0.39, 0.29) is 28.4 Å². The highest BCUT2D eigenvalue weighted by Gasteiger charge is 2.10. The van der Waals surface area contributed by atoms with Crippen LogP contribution in [-0.2, 0) is 6.54 Å². The molecule has 0 radical (unpaired) electrons. The first kappa shape index (κ1) is 15.2. The summed E-state index contributed by atoms with van der Waals surface area (Å²) >= 11 is 4.86. The van der Waals surface area contributed by atoms with Crippen molar-refractivity contribution in [3.05, 3.63) is 63.3 Å². The zero-order valence-electron chi connectivity index (χ0n) is 11.7. The van der Waals surface area contributed by atoms with E-state index < -0.39 is 5.82 Å². The van der Waals surface area contributed by atoms with Crippen molar-refractivity contribution in [2.45, 2.75) is 13.5 Å². The zero-order chi connectivity index (χ0) is 15.6. The lowest BCUT2D eigenvalue weighted by Crippen LogP contribution is -2.30. The quantitative estimate of drug-likeness (QED) is 0.878. The van der Waals surface area contributed by atoms with Crippen molar-refractivity contribution in [1.82, 2.24) is 4.57 Å². The van der Waals surface area contributed by atoms with E-state index in [4.69, 9.17) is 22.7 Å². The minimum atomic E-state index is -0.466. The Morgan fingerprint density at radius 3 is 2.67 bits per heavy atom. The van der Waals surface area contributed by atoms with Crippen LogP contribution in [0.3, 0.4) is 0 Å². The highest BCUT2D eigenvalue weighted by atomic mass is 32.1. The summed E-state index contributed by atoms with van der Waals surface area (Å²) in [6, 6.07) is 7.95. The third kappa shape index (κ3) is 3.11. The monoisotopic (exact) mass is 306 g/mol. The number of aryl methyl sites for hydroxylation is 1. The van der Waals surface area contributed by atoms with Crippen LogP contribution in [0.1, 0.15) is 16.8 Å². The number of rotatable bonds is 4. The number of hydrogen-bond acceptors (Lipinski definition) is 3. The Bertz CT molecular complexity index is 756. The van der Waals surface area contributed by atoms with E-state index in [1.54, 1.807) is 25.1 Å². The average molecular weight is 306 g/mol. The van der Waals surface area contributed by atoms with Gasteiger partial charge in [0.2, 0.25) is 0 Å². The Balaban J connectivity index is 2.44. The molecule has 6 heteroatoms. The second-order valence-corrected chi connectivity index (χ2v) is 5.05. The molecule has 0 spiro atoms. The molecular weight excluding hydrogens is 291 g/mol. The fourth-order valence-corrected chi connectivity index (χ4v) is 2.20. The molecule has 2 N–H and O–H groups in total. The summed E-state index contributed by atoms with van der Waals surface area (Å²) in [4.78, 5) is 12.4. The number of ether oxygens (including phenoxy) is 1. The molecule has 0 aliphatic carbocycles. The minimum absolute atomic E-state index is 0.0506. The third-order valence-corrected chi connectivity index (χ3v) is 3.43. The van der Waals surface area contributed by atoms with Crippen molar-refractivity contribution < 1.29 is 9.13 Å². The number of nitrogens with two attached hydrogens (primary N) is 1. The lowest BCUT2D eigenvalue weighted by Gasteiger charge is -2.12. The Morgan fingerprint density at radius 2 is 2.10 bits per heavy atom. The van der Waals surface area contributed by atoms with Crippen molar-refractivity contribution in [3.8, 4) is 5.75 Å². The van der Waals surface area contributed by atoms with E-state index in [9.17, 15) is 9.18 Å². The van der Waals surface area contributed by atoms with Crippen molar-refractivity contribution in [1.29, 1.82) is 0 Å². The van der Waals surface area contributed by atoms with Crippen molar-refractivity contribution in [2.75, 3.05) is 7.11 Å². The van der Waals surface area contributed by atoms with Crippen molar-refractivity contribution in [3.63, 3.8) is 0 Å². The van der Waals surface area contributed by atoms with Crippen molar-refractivity contribution in [2.24, 2.45) is 5.73 Å². The summed E-state index contributed by atoms with van der Waals surface area (Å²) in [5.74, 6) is -0.300.